The first-order chi connectivity index (χ1) is 12.2. The van der Waals surface area contributed by atoms with Crippen molar-refractivity contribution in [3.8, 4) is 5.75 Å². The molecule has 0 aromatic heterocycles. The molecular formula is C22H27NO2. The molecule has 0 heterocycles. The van der Waals surface area contributed by atoms with Gasteiger partial charge in [-0.25, -0.2) is 0 Å². The third-order valence-corrected chi connectivity index (χ3v) is 5.03. The molecule has 1 fully saturated rings. The van der Waals surface area contributed by atoms with E-state index in [2.05, 4.69) is 23.1 Å². The van der Waals surface area contributed by atoms with Crippen molar-refractivity contribution < 1.29 is 9.53 Å². The summed E-state index contributed by atoms with van der Waals surface area (Å²) in [6, 6.07) is 18.3. The molecule has 3 heteroatoms. The van der Waals surface area contributed by atoms with Gasteiger partial charge in [0.25, 0.3) is 0 Å². The third kappa shape index (κ3) is 5.09. The van der Waals surface area contributed by atoms with E-state index in [-0.39, 0.29) is 5.91 Å². The van der Waals surface area contributed by atoms with Crippen LogP contribution in [0.25, 0.3) is 0 Å². The Morgan fingerprint density at radius 1 is 1.08 bits per heavy atom. The number of amides is 1. The molecule has 0 spiro atoms. The zero-order chi connectivity index (χ0) is 17.5. The molecule has 132 valence electrons. The maximum Gasteiger partial charge on any atom is 0.223 e. The Morgan fingerprint density at radius 3 is 2.52 bits per heavy atom. The summed E-state index contributed by atoms with van der Waals surface area (Å²) in [4.78, 5) is 14.9. The smallest absolute Gasteiger partial charge is 0.223 e. The number of methoxy groups -OCH3 is 1. The first kappa shape index (κ1) is 17.5. The summed E-state index contributed by atoms with van der Waals surface area (Å²) in [6.45, 7) is 1.61. The van der Waals surface area contributed by atoms with Crippen LogP contribution in [-0.2, 0) is 17.8 Å². The Morgan fingerprint density at radius 2 is 1.84 bits per heavy atom. The van der Waals surface area contributed by atoms with Crippen molar-refractivity contribution in [2.75, 3.05) is 13.7 Å². The van der Waals surface area contributed by atoms with Gasteiger partial charge in [-0.2, -0.15) is 0 Å². The Hall–Kier alpha value is -2.29. The number of ether oxygens (including phenoxy) is 1. The van der Waals surface area contributed by atoms with Crippen LogP contribution in [-0.4, -0.2) is 24.5 Å². The van der Waals surface area contributed by atoms with E-state index in [1.165, 1.54) is 24.8 Å². The quantitative estimate of drug-likeness (QED) is 0.712. The van der Waals surface area contributed by atoms with Crippen molar-refractivity contribution in [2.45, 2.75) is 38.6 Å². The molecule has 0 saturated heterocycles. The summed E-state index contributed by atoms with van der Waals surface area (Å²) in [6.07, 6.45) is 5.13. The zero-order valence-corrected chi connectivity index (χ0v) is 15.0. The van der Waals surface area contributed by atoms with E-state index in [0.29, 0.717) is 18.9 Å². The van der Waals surface area contributed by atoms with Crippen LogP contribution in [0, 0.1) is 5.92 Å². The molecule has 3 rings (SSSR count). The molecule has 0 atom stereocenters. The van der Waals surface area contributed by atoms with Crippen LogP contribution in [0.15, 0.2) is 54.6 Å². The summed E-state index contributed by atoms with van der Waals surface area (Å²) in [5, 5.41) is 0. The number of nitrogens with zero attached hydrogens (tertiary/aromatic N) is 1. The lowest BCUT2D eigenvalue weighted by molar-refractivity contribution is -0.132. The van der Waals surface area contributed by atoms with E-state index < -0.39 is 0 Å². The van der Waals surface area contributed by atoms with Gasteiger partial charge in [0.1, 0.15) is 5.75 Å². The van der Waals surface area contributed by atoms with Gasteiger partial charge in [0.15, 0.2) is 0 Å². The SMILES string of the molecule is COc1cccc(CCC(=O)N(Cc2ccccc2)CC2CCC2)c1. The average molecular weight is 337 g/mol. The van der Waals surface area contributed by atoms with Crippen molar-refractivity contribution in [2.24, 2.45) is 5.92 Å². The van der Waals surface area contributed by atoms with Crippen molar-refractivity contribution in [3.63, 3.8) is 0 Å². The van der Waals surface area contributed by atoms with Gasteiger partial charge in [0.2, 0.25) is 5.91 Å². The van der Waals surface area contributed by atoms with Crippen LogP contribution < -0.4 is 4.74 Å². The van der Waals surface area contributed by atoms with Crippen LogP contribution in [0.2, 0.25) is 0 Å². The predicted molar refractivity (Wildman–Crippen MR) is 101 cm³/mol. The lowest BCUT2D eigenvalue weighted by Crippen LogP contribution is -2.37. The standard InChI is InChI=1S/C22H27NO2/c1-25-21-12-6-9-18(15-21)13-14-22(24)23(17-20-10-5-11-20)16-19-7-3-2-4-8-19/h2-4,6-9,12,15,20H,5,10-11,13-14,16-17H2,1H3. The summed E-state index contributed by atoms with van der Waals surface area (Å²) < 4.78 is 5.27. The fraction of sp³-hybridized carbons (Fsp3) is 0.409. The van der Waals surface area contributed by atoms with Crippen LogP contribution in [0.1, 0.15) is 36.8 Å². The number of benzene rings is 2. The van der Waals surface area contributed by atoms with Gasteiger partial charge in [0.05, 0.1) is 7.11 Å². The lowest BCUT2D eigenvalue weighted by atomic mass is 9.85. The molecule has 2 aromatic rings. The third-order valence-electron chi connectivity index (χ3n) is 5.03. The summed E-state index contributed by atoms with van der Waals surface area (Å²) in [5.74, 6) is 1.78. The second kappa shape index (κ2) is 8.70. The van der Waals surface area contributed by atoms with Gasteiger partial charge in [0, 0.05) is 19.5 Å². The van der Waals surface area contributed by atoms with Gasteiger partial charge in [-0.05, 0) is 48.4 Å². The van der Waals surface area contributed by atoms with Crippen LogP contribution >= 0.6 is 0 Å². The molecule has 2 aromatic carbocycles. The van der Waals surface area contributed by atoms with E-state index in [0.717, 1.165) is 24.3 Å². The molecule has 3 nitrogen and oxygen atoms in total. The maximum atomic E-state index is 12.8. The first-order valence-electron chi connectivity index (χ1n) is 9.19. The Balaban J connectivity index is 1.61. The van der Waals surface area contributed by atoms with Crippen molar-refractivity contribution in [3.05, 3.63) is 65.7 Å². The van der Waals surface area contributed by atoms with E-state index in [9.17, 15) is 4.79 Å². The number of rotatable bonds is 8. The highest BCUT2D eigenvalue weighted by molar-refractivity contribution is 5.76. The van der Waals surface area contributed by atoms with E-state index in [1.54, 1.807) is 7.11 Å². The van der Waals surface area contributed by atoms with E-state index >= 15 is 0 Å². The molecule has 0 unspecified atom stereocenters. The molecule has 25 heavy (non-hydrogen) atoms. The average Bonchev–Trinajstić information content (AvgIpc) is 2.62. The maximum absolute atomic E-state index is 12.8. The molecule has 0 N–H and O–H groups in total. The van der Waals surface area contributed by atoms with Crippen LogP contribution in [0.3, 0.4) is 0 Å². The lowest BCUT2D eigenvalue weighted by Gasteiger charge is -2.32. The first-order valence-corrected chi connectivity index (χ1v) is 9.19. The van der Waals surface area contributed by atoms with Gasteiger partial charge < -0.3 is 9.64 Å². The minimum absolute atomic E-state index is 0.249. The monoisotopic (exact) mass is 337 g/mol. The van der Waals surface area contributed by atoms with Crippen molar-refractivity contribution >= 4 is 5.91 Å². The summed E-state index contributed by atoms with van der Waals surface area (Å²) in [5.41, 5.74) is 2.35. The normalized spacial score (nSPS) is 14.0. The van der Waals surface area contributed by atoms with Gasteiger partial charge in [-0.1, -0.05) is 48.9 Å². The topological polar surface area (TPSA) is 29.5 Å². The van der Waals surface area contributed by atoms with E-state index in [1.807, 2.05) is 36.4 Å². The fourth-order valence-electron chi connectivity index (χ4n) is 3.28. The number of aryl methyl sites for hydroxylation is 1. The van der Waals surface area contributed by atoms with Crippen LogP contribution in [0.4, 0.5) is 0 Å². The van der Waals surface area contributed by atoms with E-state index in [4.69, 9.17) is 4.74 Å². The predicted octanol–water partition coefficient (Wildman–Crippen LogP) is 4.46. The number of carbonyl (C=O) groups is 1. The zero-order valence-electron chi connectivity index (χ0n) is 15.0. The van der Waals surface area contributed by atoms with Crippen molar-refractivity contribution in [1.29, 1.82) is 0 Å². The molecule has 0 radical (unpaired) electrons. The highest BCUT2D eigenvalue weighted by atomic mass is 16.5. The molecule has 1 aliphatic carbocycles. The second-order valence-electron chi connectivity index (χ2n) is 6.91. The minimum atomic E-state index is 0.249. The largest absolute Gasteiger partial charge is 0.497 e. The highest BCUT2D eigenvalue weighted by Gasteiger charge is 2.23. The number of hydrogen-bond acceptors (Lipinski definition) is 2. The molecule has 0 aliphatic heterocycles. The number of hydrogen-bond donors (Lipinski definition) is 0. The second-order valence-corrected chi connectivity index (χ2v) is 6.91. The van der Waals surface area contributed by atoms with Gasteiger partial charge in [-0.3, -0.25) is 4.79 Å². The van der Waals surface area contributed by atoms with Gasteiger partial charge in [-0.15, -0.1) is 0 Å². The Kier molecular flexibility index (Phi) is 6.10. The van der Waals surface area contributed by atoms with Crippen molar-refractivity contribution in [1.82, 2.24) is 4.90 Å². The molecule has 0 bridgehead atoms. The highest BCUT2D eigenvalue weighted by Crippen LogP contribution is 2.28. The summed E-state index contributed by atoms with van der Waals surface area (Å²) >= 11 is 0. The Labute approximate surface area is 150 Å². The van der Waals surface area contributed by atoms with Crippen LogP contribution in [0.5, 0.6) is 5.75 Å². The molecular weight excluding hydrogens is 310 g/mol. The van der Waals surface area contributed by atoms with Gasteiger partial charge >= 0.3 is 0 Å². The number of carbonyl (C=O) groups excluding carboxylic acids is 1. The molecule has 1 amide bonds. The Bertz CT molecular complexity index is 679. The fourth-order valence-corrected chi connectivity index (χ4v) is 3.28. The summed E-state index contributed by atoms with van der Waals surface area (Å²) in [7, 11) is 1.67. The molecule has 1 aliphatic rings. The molecule has 1 saturated carbocycles. The minimum Gasteiger partial charge on any atom is -0.497 e.